The highest BCUT2D eigenvalue weighted by Crippen LogP contribution is 2.44. The molecule has 0 saturated heterocycles. The zero-order valence-corrected chi connectivity index (χ0v) is 44.7. The molecule has 17 aromatic rings. The first-order valence-corrected chi connectivity index (χ1v) is 28.2. The van der Waals surface area contributed by atoms with Crippen molar-refractivity contribution in [2.24, 2.45) is 0 Å². The molecule has 0 atom stereocenters. The quantitative estimate of drug-likeness (QED) is 0.145. The summed E-state index contributed by atoms with van der Waals surface area (Å²) in [5.41, 5.74) is 23.5. The summed E-state index contributed by atoms with van der Waals surface area (Å²) in [5.74, 6) is 0. The first kappa shape index (κ1) is 46.0. The van der Waals surface area contributed by atoms with Gasteiger partial charge in [-0.15, -0.1) is 0 Å². The van der Waals surface area contributed by atoms with Crippen molar-refractivity contribution in [2.75, 3.05) is 0 Å². The third-order valence-electron chi connectivity index (χ3n) is 17.2. The topological polar surface area (TPSA) is 19.7 Å². The Bertz CT molecular complexity index is 5270. The molecule has 382 valence electrons. The zero-order valence-electron chi connectivity index (χ0n) is 44.7. The Hall–Kier alpha value is -10.9. The largest absolute Gasteiger partial charge is 0.309 e. The lowest BCUT2D eigenvalue weighted by atomic mass is 9.95. The summed E-state index contributed by atoms with van der Waals surface area (Å²) in [6.45, 7) is 0. The monoisotopic (exact) mass is 1040 g/mol. The molecule has 4 nitrogen and oxygen atoms in total. The minimum Gasteiger partial charge on any atom is -0.309 e. The predicted molar refractivity (Wildman–Crippen MR) is 346 cm³/mol. The number of rotatable bonds is 8. The van der Waals surface area contributed by atoms with Gasteiger partial charge in [-0.25, -0.2) is 0 Å². The molecule has 0 radical (unpaired) electrons. The maximum Gasteiger partial charge on any atom is 0.0562 e. The molecular formula is C78H50N4. The molecule has 0 saturated carbocycles. The molecule has 17 rings (SSSR count). The first-order valence-electron chi connectivity index (χ1n) is 28.2. The van der Waals surface area contributed by atoms with Gasteiger partial charge in [-0.05, 0) is 136 Å². The van der Waals surface area contributed by atoms with Crippen molar-refractivity contribution < 1.29 is 0 Å². The maximum absolute atomic E-state index is 2.47. The fraction of sp³-hybridized carbons (Fsp3) is 0. The number of hydrogen-bond donors (Lipinski definition) is 0. The summed E-state index contributed by atoms with van der Waals surface area (Å²) in [6.07, 6.45) is 0. The Morgan fingerprint density at radius 3 is 0.890 bits per heavy atom. The third kappa shape index (κ3) is 7.05. The molecule has 0 spiro atoms. The number of benzene rings is 13. The molecule has 0 unspecified atom stereocenters. The number of nitrogens with zero attached hydrogens (tertiary/aromatic N) is 4. The van der Waals surface area contributed by atoms with Crippen molar-refractivity contribution in [3.05, 3.63) is 303 Å². The second kappa shape index (κ2) is 18.3. The van der Waals surface area contributed by atoms with E-state index >= 15 is 0 Å². The van der Waals surface area contributed by atoms with Crippen LogP contribution in [0.3, 0.4) is 0 Å². The average molecular weight is 1040 g/mol. The van der Waals surface area contributed by atoms with Crippen LogP contribution in [0.15, 0.2) is 303 Å². The Balaban J connectivity index is 0.730. The molecule has 0 aliphatic rings. The van der Waals surface area contributed by atoms with E-state index in [9.17, 15) is 0 Å². The molecule has 0 fully saturated rings. The van der Waals surface area contributed by atoms with Gasteiger partial charge in [0.25, 0.3) is 0 Å². The molecule has 4 heteroatoms. The minimum atomic E-state index is 1.12. The molecule has 0 aliphatic heterocycles. The predicted octanol–water partition coefficient (Wildman–Crippen LogP) is 20.7. The summed E-state index contributed by atoms with van der Waals surface area (Å²) in [7, 11) is 0. The molecular weight excluding hydrogens is 993 g/mol. The van der Waals surface area contributed by atoms with E-state index in [1.54, 1.807) is 0 Å². The summed E-state index contributed by atoms with van der Waals surface area (Å²) in [6, 6.07) is 111. The van der Waals surface area contributed by atoms with Crippen molar-refractivity contribution in [1.29, 1.82) is 0 Å². The molecule has 0 N–H and O–H groups in total. The lowest BCUT2D eigenvalue weighted by molar-refractivity contribution is 1.17. The van der Waals surface area contributed by atoms with Gasteiger partial charge in [0.15, 0.2) is 0 Å². The fourth-order valence-corrected chi connectivity index (χ4v) is 13.5. The number of para-hydroxylation sites is 6. The Morgan fingerprint density at radius 1 is 0.159 bits per heavy atom. The van der Waals surface area contributed by atoms with Crippen LogP contribution >= 0.6 is 0 Å². The van der Waals surface area contributed by atoms with Crippen LogP contribution in [0.25, 0.3) is 154 Å². The van der Waals surface area contributed by atoms with Crippen molar-refractivity contribution in [3.8, 4) is 67.3 Å². The van der Waals surface area contributed by atoms with Crippen LogP contribution in [0, 0.1) is 0 Å². The molecule has 4 aromatic heterocycles. The van der Waals surface area contributed by atoms with Gasteiger partial charge in [-0.3, -0.25) is 0 Å². The van der Waals surface area contributed by atoms with Crippen molar-refractivity contribution in [2.45, 2.75) is 0 Å². The van der Waals surface area contributed by atoms with Crippen LogP contribution < -0.4 is 0 Å². The Labute approximate surface area is 473 Å². The molecule has 0 bridgehead atoms. The lowest BCUT2D eigenvalue weighted by Crippen LogP contribution is -1.97. The Morgan fingerprint density at radius 2 is 0.451 bits per heavy atom. The average Bonchev–Trinajstić information content (AvgIpc) is 4.49. The van der Waals surface area contributed by atoms with E-state index in [-0.39, 0.29) is 0 Å². The molecule has 13 aromatic carbocycles. The highest BCUT2D eigenvalue weighted by Gasteiger charge is 2.22. The number of aromatic nitrogens is 4. The molecule has 0 amide bonds. The van der Waals surface area contributed by atoms with Crippen molar-refractivity contribution in [3.63, 3.8) is 0 Å². The van der Waals surface area contributed by atoms with Crippen LogP contribution in [0.1, 0.15) is 0 Å². The lowest BCUT2D eigenvalue weighted by Gasteiger charge is -2.15. The summed E-state index contributed by atoms with van der Waals surface area (Å²) < 4.78 is 9.81. The second-order valence-electron chi connectivity index (χ2n) is 21.6. The maximum atomic E-state index is 2.47. The van der Waals surface area contributed by atoms with E-state index in [4.69, 9.17) is 0 Å². The normalized spacial score (nSPS) is 11.9. The number of fused-ring (bicyclic) bond motifs is 12. The van der Waals surface area contributed by atoms with E-state index in [1.165, 1.54) is 132 Å². The minimum absolute atomic E-state index is 1.12. The summed E-state index contributed by atoms with van der Waals surface area (Å²) in [4.78, 5) is 0. The van der Waals surface area contributed by atoms with E-state index in [0.29, 0.717) is 0 Å². The van der Waals surface area contributed by atoms with Crippen molar-refractivity contribution in [1.82, 2.24) is 18.3 Å². The van der Waals surface area contributed by atoms with Gasteiger partial charge in [-0.1, -0.05) is 212 Å². The Kier molecular flexibility index (Phi) is 10.3. The van der Waals surface area contributed by atoms with E-state index in [0.717, 1.165) is 22.5 Å². The molecule has 0 aliphatic carbocycles. The first-order chi connectivity index (χ1) is 40.7. The van der Waals surface area contributed by atoms with Gasteiger partial charge in [-0.2, -0.15) is 0 Å². The van der Waals surface area contributed by atoms with E-state index < -0.39 is 0 Å². The molecule has 4 heterocycles. The van der Waals surface area contributed by atoms with Crippen LogP contribution in [0.5, 0.6) is 0 Å². The van der Waals surface area contributed by atoms with Gasteiger partial charge in [0.1, 0.15) is 0 Å². The van der Waals surface area contributed by atoms with E-state index in [1.807, 2.05) is 0 Å². The van der Waals surface area contributed by atoms with E-state index in [2.05, 4.69) is 322 Å². The van der Waals surface area contributed by atoms with Gasteiger partial charge >= 0.3 is 0 Å². The second-order valence-corrected chi connectivity index (χ2v) is 21.6. The zero-order chi connectivity index (χ0) is 53.8. The van der Waals surface area contributed by atoms with Gasteiger partial charge in [0, 0.05) is 54.5 Å². The third-order valence-corrected chi connectivity index (χ3v) is 17.2. The van der Waals surface area contributed by atoms with Crippen LogP contribution in [0.4, 0.5) is 0 Å². The van der Waals surface area contributed by atoms with Gasteiger partial charge < -0.3 is 18.3 Å². The molecule has 82 heavy (non-hydrogen) atoms. The van der Waals surface area contributed by atoms with Crippen LogP contribution in [-0.2, 0) is 0 Å². The van der Waals surface area contributed by atoms with Gasteiger partial charge in [0.2, 0.25) is 0 Å². The highest BCUT2D eigenvalue weighted by atomic mass is 15.0. The van der Waals surface area contributed by atoms with Crippen LogP contribution in [-0.4, -0.2) is 18.3 Å². The highest BCUT2D eigenvalue weighted by molar-refractivity contribution is 6.18. The summed E-state index contributed by atoms with van der Waals surface area (Å²) in [5, 5.41) is 9.95. The fourth-order valence-electron chi connectivity index (χ4n) is 13.5. The summed E-state index contributed by atoms with van der Waals surface area (Å²) >= 11 is 0. The van der Waals surface area contributed by atoms with Gasteiger partial charge in [0.05, 0.1) is 55.5 Å². The smallest absolute Gasteiger partial charge is 0.0562 e. The standard InChI is InChI=1S/C78H50N4/c1-2-19-51(20-3-1)57-47-58(50-60(49-57)80-72-34-15-9-28-66(72)78-74(80)36-18-38-76(78)82-69-31-12-6-25-63(69)64-26-7-13-32-70(64)82)55-45-41-53(42-46-55)52-39-43-54(44-40-52)56-21-16-22-59(48-56)79-71-33-14-8-27-65(71)77-73(79)35-17-37-75(77)81-67-29-10-4-23-61(67)62-24-5-11-30-68(62)81/h1-50H. The number of hydrogen-bond acceptors (Lipinski definition) is 0. The van der Waals surface area contributed by atoms with Crippen molar-refractivity contribution >= 4 is 87.2 Å². The van der Waals surface area contributed by atoms with Crippen LogP contribution in [0.2, 0.25) is 0 Å². The SMILES string of the molecule is c1ccc(-c2cc(-c3ccc(-c4ccc(-c5cccc(-n6c7ccccc7c7c(-n8c9ccccc9c9ccccc98)cccc76)c5)cc4)cc3)cc(-n3c4ccccc4c4c(-n5c6ccccc6c6ccccc65)cccc43)c2)cc1.